The molecule has 25 heavy (non-hydrogen) atoms. The largest absolute Gasteiger partial charge is 0.434 e. The zero-order chi connectivity index (χ0) is 18.2. The fourth-order valence-corrected chi connectivity index (χ4v) is 2.19. The lowest BCUT2D eigenvalue weighted by Crippen LogP contribution is -2.38. The minimum absolute atomic E-state index is 0.143. The molecule has 0 saturated heterocycles. The lowest BCUT2D eigenvalue weighted by Gasteiger charge is -2.15. The summed E-state index contributed by atoms with van der Waals surface area (Å²) < 4.78 is 34.6. The Balaban J connectivity index is 1.88. The number of ether oxygens (including phenoxy) is 1. The summed E-state index contributed by atoms with van der Waals surface area (Å²) in [6, 6.07) is 5.05. The molecule has 9 heteroatoms. The fourth-order valence-electron chi connectivity index (χ4n) is 2.19. The standard InChI is InChI=1S/C16H21F2N5O2/c1-10-4-5-13(24-15(17)18)12(8-10)9-21-16(19-3)20-7-6-14-22-11(2)23-25-14/h4-5,8,15H,6-7,9H2,1-3H3,(H2,19,20,21). The van der Waals surface area contributed by atoms with E-state index in [1.165, 1.54) is 6.07 Å². The molecule has 0 bridgehead atoms. The number of nitrogens with zero attached hydrogens (tertiary/aromatic N) is 3. The second kappa shape index (κ2) is 8.95. The molecule has 0 spiro atoms. The number of aliphatic imine (C=N–C) groups is 1. The van der Waals surface area contributed by atoms with E-state index in [1.54, 1.807) is 26.1 Å². The summed E-state index contributed by atoms with van der Waals surface area (Å²) in [7, 11) is 1.62. The van der Waals surface area contributed by atoms with Gasteiger partial charge in [-0.05, 0) is 19.9 Å². The number of hydrogen-bond donors (Lipinski definition) is 2. The van der Waals surface area contributed by atoms with Crippen molar-refractivity contribution in [3.63, 3.8) is 0 Å². The van der Waals surface area contributed by atoms with Crippen LogP contribution in [0.2, 0.25) is 0 Å². The van der Waals surface area contributed by atoms with Crippen LogP contribution < -0.4 is 15.4 Å². The molecule has 1 heterocycles. The Kier molecular flexibility index (Phi) is 6.67. The quantitative estimate of drug-likeness (QED) is 0.586. The smallest absolute Gasteiger partial charge is 0.387 e. The van der Waals surface area contributed by atoms with Crippen LogP contribution in [0.15, 0.2) is 27.7 Å². The van der Waals surface area contributed by atoms with Crippen LogP contribution in [-0.4, -0.2) is 36.3 Å². The Hall–Kier alpha value is -2.71. The first-order valence-electron chi connectivity index (χ1n) is 7.76. The molecule has 136 valence electrons. The van der Waals surface area contributed by atoms with Gasteiger partial charge in [-0.25, -0.2) is 0 Å². The predicted molar refractivity (Wildman–Crippen MR) is 88.8 cm³/mol. The highest BCUT2D eigenvalue weighted by Gasteiger charge is 2.10. The van der Waals surface area contributed by atoms with E-state index >= 15 is 0 Å². The highest BCUT2D eigenvalue weighted by atomic mass is 19.3. The monoisotopic (exact) mass is 353 g/mol. The van der Waals surface area contributed by atoms with Gasteiger partial charge in [0.25, 0.3) is 0 Å². The number of guanidine groups is 1. The number of aromatic nitrogens is 2. The van der Waals surface area contributed by atoms with Crippen LogP contribution in [0.25, 0.3) is 0 Å². The first-order valence-corrected chi connectivity index (χ1v) is 7.76. The number of halogens is 2. The molecule has 2 N–H and O–H groups in total. The summed E-state index contributed by atoms with van der Waals surface area (Å²) in [6.45, 7) is 1.60. The van der Waals surface area contributed by atoms with E-state index in [1.807, 2.05) is 6.92 Å². The van der Waals surface area contributed by atoms with Gasteiger partial charge in [0.2, 0.25) is 5.89 Å². The molecular formula is C16H21F2N5O2. The van der Waals surface area contributed by atoms with Gasteiger partial charge in [-0.15, -0.1) is 0 Å². The average Bonchev–Trinajstić information content (AvgIpc) is 2.98. The van der Waals surface area contributed by atoms with Gasteiger partial charge in [-0.1, -0.05) is 22.9 Å². The molecule has 0 fully saturated rings. The third-order valence-corrected chi connectivity index (χ3v) is 3.30. The molecular weight excluding hydrogens is 332 g/mol. The SMILES string of the molecule is CN=C(NCCc1nc(C)no1)NCc1cc(C)ccc1OC(F)F. The molecule has 7 nitrogen and oxygen atoms in total. The highest BCUT2D eigenvalue weighted by Crippen LogP contribution is 2.21. The number of alkyl halides is 2. The molecule has 0 atom stereocenters. The number of rotatable bonds is 7. The zero-order valence-corrected chi connectivity index (χ0v) is 14.3. The minimum Gasteiger partial charge on any atom is -0.434 e. The molecule has 1 aromatic heterocycles. The Morgan fingerprint density at radius 2 is 2.12 bits per heavy atom. The maximum absolute atomic E-state index is 12.5. The summed E-state index contributed by atoms with van der Waals surface area (Å²) in [5, 5.41) is 9.88. The first kappa shape index (κ1) is 18.6. The van der Waals surface area contributed by atoms with E-state index in [0.717, 1.165) is 5.56 Å². The van der Waals surface area contributed by atoms with Crippen LogP contribution in [0.5, 0.6) is 5.75 Å². The van der Waals surface area contributed by atoms with Crippen molar-refractivity contribution >= 4 is 5.96 Å². The van der Waals surface area contributed by atoms with Gasteiger partial charge in [-0.3, -0.25) is 4.99 Å². The molecule has 2 aromatic rings. The predicted octanol–water partition coefficient (Wildman–Crippen LogP) is 2.20. The number of aryl methyl sites for hydroxylation is 2. The normalized spacial score (nSPS) is 11.7. The average molecular weight is 353 g/mol. The van der Waals surface area contributed by atoms with Gasteiger partial charge in [0.15, 0.2) is 11.8 Å². The van der Waals surface area contributed by atoms with Gasteiger partial charge >= 0.3 is 6.61 Å². The lowest BCUT2D eigenvalue weighted by atomic mass is 10.1. The van der Waals surface area contributed by atoms with Crippen molar-refractivity contribution in [2.45, 2.75) is 33.4 Å². The van der Waals surface area contributed by atoms with Crippen molar-refractivity contribution in [1.29, 1.82) is 0 Å². The van der Waals surface area contributed by atoms with Crippen LogP contribution in [0.1, 0.15) is 22.8 Å². The summed E-state index contributed by atoms with van der Waals surface area (Å²) in [5.41, 5.74) is 1.57. The lowest BCUT2D eigenvalue weighted by molar-refractivity contribution is -0.0504. The van der Waals surface area contributed by atoms with E-state index < -0.39 is 6.61 Å². The van der Waals surface area contributed by atoms with Crippen molar-refractivity contribution in [3.05, 3.63) is 41.0 Å². The summed E-state index contributed by atoms with van der Waals surface area (Å²) in [6.07, 6.45) is 0.547. The minimum atomic E-state index is -2.86. The second-order valence-electron chi connectivity index (χ2n) is 5.33. The molecule has 1 aromatic carbocycles. The number of nitrogens with one attached hydrogen (secondary N) is 2. The highest BCUT2D eigenvalue weighted by molar-refractivity contribution is 5.79. The third kappa shape index (κ3) is 6.02. The molecule has 0 aliphatic heterocycles. The van der Waals surface area contributed by atoms with Gasteiger partial charge in [0.1, 0.15) is 5.75 Å². The maximum Gasteiger partial charge on any atom is 0.387 e. The van der Waals surface area contributed by atoms with Gasteiger partial charge in [0, 0.05) is 32.1 Å². The van der Waals surface area contributed by atoms with E-state index in [4.69, 9.17) is 4.52 Å². The van der Waals surface area contributed by atoms with E-state index in [2.05, 4.69) is 30.5 Å². The van der Waals surface area contributed by atoms with Gasteiger partial charge in [-0.2, -0.15) is 13.8 Å². The molecule has 0 saturated carbocycles. The third-order valence-electron chi connectivity index (χ3n) is 3.30. The summed E-state index contributed by atoms with van der Waals surface area (Å²) in [5.74, 6) is 1.79. The van der Waals surface area contributed by atoms with Crippen LogP contribution in [-0.2, 0) is 13.0 Å². The Labute approximate surface area is 144 Å². The van der Waals surface area contributed by atoms with Crippen LogP contribution >= 0.6 is 0 Å². The Bertz CT molecular complexity index is 718. The first-order chi connectivity index (χ1) is 12.0. The van der Waals surface area contributed by atoms with Gasteiger partial charge in [0.05, 0.1) is 0 Å². The molecule has 0 aliphatic carbocycles. The van der Waals surface area contributed by atoms with Crippen LogP contribution in [0.3, 0.4) is 0 Å². The Morgan fingerprint density at radius 1 is 1.32 bits per heavy atom. The van der Waals surface area contributed by atoms with Crippen molar-refractivity contribution in [3.8, 4) is 5.75 Å². The van der Waals surface area contributed by atoms with Crippen LogP contribution in [0, 0.1) is 13.8 Å². The topological polar surface area (TPSA) is 84.6 Å². The molecule has 0 unspecified atom stereocenters. The molecule has 0 aliphatic rings. The summed E-state index contributed by atoms with van der Waals surface area (Å²) >= 11 is 0. The van der Waals surface area contributed by atoms with Crippen LogP contribution in [0.4, 0.5) is 8.78 Å². The zero-order valence-electron chi connectivity index (χ0n) is 14.3. The molecule has 2 rings (SSSR count). The molecule has 0 amide bonds. The fraction of sp³-hybridized carbons (Fsp3) is 0.438. The van der Waals surface area contributed by atoms with E-state index in [0.29, 0.717) is 42.7 Å². The van der Waals surface area contributed by atoms with Crippen molar-refractivity contribution < 1.29 is 18.0 Å². The van der Waals surface area contributed by atoms with Crippen molar-refractivity contribution in [2.75, 3.05) is 13.6 Å². The van der Waals surface area contributed by atoms with E-state index in [-0.39, 0.29) is 5.75 Å². The van der Waals surface area contributed by atoms with E-state index in [9.17, 15) is 8.78 Å². The number of hydrogen-bond acceptors (Lipinski definition) is 5. The van der Waals surface area contributed by atoms with Crippen molar-refractivity contribution in [2.24, 2.45) is 4.99 Å². The summed E-state index contributed by atoms with van der Waals surface area (Å²) in [4.78, 5) is 8.20. The van der Waals surface area contributed by atoms with Crippen molar-refractivity contribution in [1.82, 2.24) is 20.8 Å². The molecule has 0 radical (unpaired) electrons. The number of benzene rings is 1. The maximum atomic E-state index is 12.5. The second-order valence-corrected chi connectivity index (χ2v) is 5.33. The van der Waals surface area contributed by atoms with Gasteiger partial charge < -0.3 is 19.9 Å². The Morgan fingerprint density at radius 3 is 2.76 bits per heavy atom.